The number of pyridine rings is 1. The summed E-state index contributed by atoms with van der Waals surface area (Å²) in [6.07, 6.45) is 6.46. The lowest BCUT2D eigenvalue weighted by Gasteiger charge is -2.28. The SMILES string of the molecule is Cc1nc(-c2ccc(-c3ccc(CN4CCc5nc(-c6ccncc6)ncc5C4)cc3)cc2)no1. The first-order chi connectivity index (χ1) is 17.2. The number of nitrogens with zero attached hydrogens (tertiary/aromatic N) is 6. The van der Waals surface area contributed by atoms with Crippen molar-refractivity contribution in [3.8, 4) is 33.9 Å². The van der Waals surface area contributed by atoms with Crippen molar-refractivity contribution in [2.45, 2.75) is 26.4 Å². The fourth-order valence-electron chi connectivity index (χ4n) is 4.44. The molecule has 5 aromatic rings. The third-order valence-electron chi connectivity index (χ3n) is 6.32. The van der Waals surface area contributed by atoms with Crippen LogP contribution in [0.15, 0.2) is 83.8 Å². The molecular formula is C28H24N6O. The topological polar surface area (TPSA) is 80.8 Å². The van der Waals surface area contributed by atoms with Crippen molar-refractivity contribution in [3.05, 3.63) is 102 Å². The van der Waals surface area contributed by atoms with Crippen LogP contribution in [-0.4, -0.2) is 36.5 Å². The van der Waals surface area contributed by atoms with Crippen molar-refractivity contribution in [2.75, 3.05) is 6.54 Å². The summed E-state index contributed by atoms with van der Waals surface area (Å²) in [6.45, 7) is 4.55. The molecule has 7 heteroatoms. The van der Waals surface area contributed by atoms with Crippen molar-refractivity contribution >= 4 is 0 Å². The van der Waals surface area contributed by atoms with Gasteiger partial charge >= 0.3 is 0 Å². The Labute approximate surface area is 203 Å². The maximum Gasteiger partial charge on any atom is 0.223 e. The van der Waals surface area contributed by atoms with E-state index in [-0.39, 0.29) is 0 Å². The summed E-state index contributed by atoms with van der Waals surface area (Å²) in [4.78, 5) is 20.2. The number of hydrogen-bond donors (Lipinski definition) is 0. The predicted molar refractivity (Wildman–Crippen MR) is 133 cm³/mol. The third kappa shape index (κ3) is 4.58. The molecule has 0 radical (unpaired) electrons. The number of fused-ring (bicyclic) bond motifs is 1. The van der Waals surface area contributed by atoms with Gasteiger partial charge < -0.3 is 4.52 Å². The third-order valence-corrected chi connectivity index (χ3v) is 6.32. The van der Waals surface area contributed by atoms with Crippen LogP contribution in [0.4, 0.5) is 0 Å². The molecule has 35 heavy (non-hydrogen) atoms. The fourth-order valence-corrected chi connectivity index (χ4v) is 4.44. The highest BCUT2D eigenvalue weighted by atomic mass is 16.5. The molecule has 6 rings (SSSR count). The molecule has 0 aliphatic carbocycles. The van der Waals surface area contributed by atoms with Crippen LogP contribution in [0.5, 0.6) is 0 Å². The molecule has 172 valence electrons. The zero-order valence-electron chi connectivity index (χ0n) is 19.4. The van der Waals surface area contributed by atoms with E-state index in [9.17, 15) is 0 Å². The molecule has 0 atom stereocenters. The minimum absolute atomic E-state index is 0.569. The molecule has 7 nitrogen and oxygen atoms in total. The minimum Gasteiger partial charge on any atom is -0.339 e. The first-order valence-corrected chi connectivity index (χ1v) is 11.7. The first-order valence-electron chi connectivity index (χ1n) is 11.7. The van der Waals surface area contributed by atoms with Crippen LogP contribution in [0.3, 0.4) is 0 Å². The zero-order valence-corrected chi connectivity index (χ0v) is 19.4. The van der Waals surface area contributed by atoms with Gasteiger partial charge in [0.15, 0.2) is 5.82 Å². The normalized spacial score (nSPS) is 13.5. The Bertz CT molecular complexity index is 1450. The number of aromatic nitrogens is 5. The molecule has 0 bridgehead atoms. The van der Waals surface area contributed by atoms with Crippen molar-refractivity contribution in [1.29, 1.82) is 0 Å². The van der Waals surface area contributed by atoms with E-state index in [1.54, 1.807) is 19.3 Å². The Morgan fingerprint density at radius 2 is 1.49 bits per heavy atom. The molecule has 1 aliphatic heterocycles. The van der Waals surface area contributed by atoms with Gasteiger partial charge in [-0.05, 0) is 28.8 Å². The van der Waals surface area contributed by atoms with Crippen LogP contribution in [0.1, 0.15) is 22.7 Å². The molecule has 0 fully saturated rings. The first kappa shape index (κ1) is 21.3. The molecule has 0 amide bonds. The summed E-state index contributed by atoms with van der Waals surface area (Å²) >= 11 is 0. The highest BCUT2D eigenvalue weighted by Crippen LogP contribution is 2.25. The number of benzene rings is 2. The molecule has 3 aromatic heterocycles. The summed E-state index contributed by atoms with van der Waals surface area (Å²) in [5, 5.41) is 3.99. The second-order valence-corrected chi connectivity index (χ2v) is 8.77. The van der Waals surface area contributed by atoms with E-state index in [1.807, 2.05) is 30.5 Å². The van der Waals surface area contributed by atoms with Crippen LogP contribution in [0.25, 0.3) is 33.9 Å². The van der Waals surface area contributed by atoms with Gasteiger partial charge in [0, 0.05) is 68.3 Å². The summed E-state index contributed by atoms with van der Waals surface area (Å²) in [5.41, 5.74) is 7.96. The second kappa shape index (κ2) is 9.19. The van der Waals surface area contributed by atoms with Crippen molar-refractivity contribution in [2.24, 2.45) is 0 Å². The largest absolute Gasteiger partial charge is 0.339 e. The smallest absolute Gasteiger partial charge is 0.223 e. The van der Waals surface area contributed by atoms with Crippen molar-refractivity contribution in [1.82, 2.24) is 30.0 Å². The quantitative estimate of drug-likeness (QED) is 0.360. The summed E-state index contributed by atoms with van der Waals surface area (Å²) in [6, 6.07) is 20.9. The predicted octanol–water partition coefficient (Wildman–Crippen LogP) is 5.12. The number of rotatable bonds is 5. The monoisotopic (exact) mass is 460 g/mol. The molecule has 0 spiro atoms. The van der Waals surface area contributed by atoms with Gasteiger partial charge in [0.1, 0.15) is 0 Å². The lowest BCUT2D eigenvalue weighted by atomic mass is 10.0. The van der Waals surface area contributed by atoms with E-state index < -0.39 is 0 Å². The molecule has 4 heterocycles. The van der Waals surface area contributed by atoms with Crippen molar-refractivity contribution < 1.29 is 4.52 Å². The van der Waals surface area contributed by atoms with E-state index >= 15 is 0 Å². The Morgan fingerprint density at radius 3 is 2.20 bits per heavy atom. The second-order valence-electron chi connectivity index (χ2n) is 8.77. The van der Waals surface area contributed by atoms with Gasteiger partial charge in [-0.1, -0.05) is 53.7 Å². The molecule has 0 saturated carbocycles. The van der Waals surface area contributed by atoms with Gasteiger partial charge in [0.25, 0.3) is 0 Å². The van der Waals surface area contributed by atoms with Gasteiger partial charge in [-0.3, -0.25) is 9.88 Å². The standard InChI is InChI=1S/C28H24N6O/c1-19-31-28(33-35-19)23-8-6-22(7-9-23)21-4-2-20(3-5-21)17-34-15-12-26-25(18-34)16-30-27(32-26)24-10-13-29-14-11-24/h2-11,13-14,16H,12,15,17-18H2,1H3. The van der Waals surface area contributed by atoms with E-state index in [2.05, 4.69) is 61.4 Å². The van der Waals surface area contributed by atoms with Crippen LogP contribution < -0.4 is 0 Å². The Balaban J connectivity index is 1.11. The maximum absolute atomic E-state index is 5.08. The number of aryl methyl sites for hydroxylation is 1. The molecule has 0 N–H and O–H groups in total. The summed E-state index contributed by atoms with van der Waals surface area (Å²) in [7, 11) is 0. The fraction of sp³-hybridized carbons (Fsp3) is 0.179. The lowest BCUT2D eigenvalue weighted by Crippen LogP contribution is -2.30. The zero-order chi connectivity index (χ0) is 23.6. The van der Waals surface area contributed by atoms with Crippen LogP contribution in [0, 0.1) is 6.92 Å². The summed E-state index contributed by atoms with van der Waals surface area (Å²) in [5.74, 6) is 1.96. The Hall–Kier alpha value is -4.23. The van der Waals surface area contributed by atoms with Gasteiger partial charge in [0.2, 0.25) is 11.7 Å². The minimum atomic E-state index is 0.569. The van der Waals surface area contributed by atoms with Crippen molar-refractivity contribution in [3.63, 3.8) is 0 Å². The average molecular weight is 461 g/mol. The molecule has 0 saturated heterocycles. The number of hydrogen-bond acceptors (Lipinski definition) is 7. The van der Waals surface area contributed by atoms with E-state index in [4.69, 9.17) is 9.51 Å². The Morgan fingerprint density at radius 1 is 0.800 bits per heavy atom. The van der Waals surface area contributed by atoms with Gasteiger partial charge in [-0.2, -0.15) is 4.98 Å². The highest BCUT2D eigenvalue weighted by molar-refractivity contribution is 5.67. The average Bonchev–Trinajstić information content (AvgIpc) is 3.36. The summed E-state index contributed by atoms with van der Waals surface area (Å²) < 4.78 is 5.08. The molecule has 2 aromatic carbocycles. The van der Waals surface area contributed by atoms with E-state index in [0.717, 1.165) is 54.3 Å². The highest BCUT2D eigenvalue weighted by Gasteiger charge is 2.19. The maximum atomic E-state index is 5.08. The van der Waals surface area contributed by atoms with Crippen LogP contribution >= 0.6 is 0 Å². The lowest BCUT2D eigenvalue weighted by molar-refractivity contribution is 0.243. The van der Waals surface area contributed by atoms with Gasteiger partial charge in [-0.25, -0.2) is 9.97 Å². The van der Waals surface area contributed by atoms with Gasteiger partial charge in [0.05, 0.1) is 5.69 Å². The van der Waals surface area contributed by atoms with E-state index in [0.29, 0.717) is 11.7 Å². The van der Waals surface area contributed by atoms with Crippen LogP contribution in [0.2, 0.25) is 0 Å². The molecule has 1 aliphatic rings. The Kier molecular flexibility index (Phi) is 5.60. The van der Waals surface area contributed by atoms with Gasteiger partial charge in [-0.15, -0.1) is 0 Å². The van der Waals surface area contributed by atoms with Crippen LogP contribution in [-0.2, 0) is 19.5 Å². The van der Waals surface area contributed by atoms with E-state index in [1.165, 1.54) is 16.7 Å². The molecule has 0 unspecified atom stereocenters. The molecular weight excluding hydrogens is 436 g/mol.